The van der Waals surface area contributed by atoms with E-state index in [1.54, 1.807) is 37.4 Å². The zero-order chi connectivity index (χ0) is 12.7. The minimum atomic E-state index is -0.198. The van der Waals surface area contributed by atoms with E-state index in [4.69, 9.17) is 0 Å². The molecule has 0 heterocycles. The van der Waals surface area contributed by atoms with Crippen LogP contribution in [0.15, 0.2) is 43.0 Å². The molecule has 1 aromatic carbocycles. The van der Waals surface area contributed by atoms with Crippen LogP contribution in [0.25, 0.3) is 0 Å². The summed E-state index contributed by atoms with van der Waals surface area (Å²) in [6, 6.07) is 8.87. The average molecular weight is 232 g/mol. The average Bonchev–Trinajstić information content (AvgIpc) is 2.36. The maximum atomic E-state index is 11.9. The molecule has 0 unspecified atom stereocenters. The van der Waals surface area contributed by atoms with Gasteiger partial charge in [0, 0.05) is 19.2 Å². The van der Waals surface area contributed by atoms with Crippen LogP contribution in [0.1, 0.15) is 10.4 Å². The first kappa shape index (κ1) is 13.0. The molecular weight excluding hydrogens is 216 g/mol. The molecule has 2 amide bonds. The van der Waals surface area contributed by atoms with E-state index < -0.39 is 0 Å². The maximum absolute atomic E-state index is 11.9. The number of nitrogens with one attached hydrogen (secondary N) is 1. The second-order valence-corrected chi connectivity index (χ2v) is 3.62. The largest absolute Gasteiger partial charge is 0.351 e. The van der Waals surface area contributed by atoms with Gasteiger partial charge in [0.05, 0.1) is 6.54 Å². The van der Waals surface area contributed by atoms with Crippen molar-refractivity contribution in [3.8, 4) is 0 Å². The molecule has 0 saturated carbocycles. The number of nitrogens with zero attached hydrogens (tertiary/aromatic N) is 1. The summed E-state index contributed by atoms with van der Waals surface area (Å²) in [5, 5.41) is 2.62. The molecule has 4 heteroatoms. The lowest BCUT2D eigenvalue weighted by molar-refractivity contribution is -0.121. The van der Waals surface area contributed by atoms with Crippen LogP contribution < -0.4 is 5.32 Å². The summed E-state index contributed by atoms with van der Waals surface area (Å²) in [7, 11) is 1.60. The van der Waals surface area contributed by atoms with Gasteiger partial charge in [0.25, 0.3) is 5.91 Å². The number of benzene rings is 1. The Balaban J connectivity index is 2.53. The minimum Gasteiger partial charge on any atom is -0.351 e. The number of rotatable bonds is 5. The fourth-order valence-electron chi connectivity index (χ4n) is 1.33. The zero-order valence-corrected chi connectivity index (χ0v) is 9.85. The predicted octanol–water partition coefficient (Wildman–Crippen LogP) is 1.06. The molecule has 0 aliphatic rings. The van der Waals surface area contributed by atoms with E-state index in [2.05, 4.69) is 11.9 Å². The molecule has 17 heavy (non-hydrogen) atoms. The van der Waals surface area contributed by atoms with Crippen molar-refractivity contribution in [3.05, 3.63) is 48.6 Å². The fourth-order valence-corrected chi connectivity index (χ4v) is 1.33. The molecule has 1 rings (SSSR count). The molecule has 1 N–H and O–H groups in total. The van der Waals surface area contributed by atoms with Crippen molar-refractivity contribution in [3.63, 3.8) is 0 Å². The first-order valence-corrected chi connectivity index (χ1v) is 5.33. The van der Waals surface area contributed by atoms with Gasteiger partial charge in [-0.05, 0) is 12.1 Å². The van der Waals surface area contributed by atoms with Crippen LogP contribution in [0.3, 0.4) is 0 Å². The van der Waals surface area contributed by atoms with Crippen molar-refractivity contribution in [2.75, 3.05) is 20.1 Å². The molecular formula is C13H16N2O2. The monoisotopic (exact) mass is 232 g/mol. The van der Waals surface area contributed by atoms with Crippen molar-refractivity contribution in [1.82, 2.24) is 10.2 Å². The topological polar surface area (TPSA) is 49.4 Å². The summed E-state index contributed by atoms with van der Waals surface area (Å²) in [4.78, 5) is 24.7. The van der Waals surface area contributed by atoms with E-state index in [0.717, 1.165) is 0 Å². The normalized spacial score (nSPS) is 9.47. The smallest absolute Gasteiger partial charge is 0.254 e. The number of amides is 2. The van der Waals surface area contributed by atoms with Crippen LogP contribution in [0.2, 0.25) is 0 Å². The summed E-state index contributed by atoms with van der Waals surface area (Å²) in [6.07, 6.45) is 1.59. The van der Waals surface area contributed by atoms with Gasteiger partial charge in [-0.3, -0.25) is 9.59 Å². The second-order valence-electron chi connectivity index (χ2n) is 3.62. The van der Waals surface area contributed by atoms with Crippen LogP contribution in [0.5, 0.6) is 0 Å². The fraction of sp³-hybridized carbons (Fsp3) is 0.231. The van der Waals surface area contributed by atoms with Crippen LogP contribution >= 0.6 is 0 Å². The first-order chi connectivity index (χ1) is 8.15. The molecule has 0 spiro atoms. The molecule has 0 aliphatic heterocycles. The lowest BCUT2D eigenvalue weighted by Gasteiger charge is -2.16. The van der Waals surface area contributed by atoms with Gasteiger partial charge in [-0.25, -0.2) is 0 Å². The molecule has 0 saturated heterocycles. The van der Waals surface area contributed by atoms with Crippen molar-refractivity contribution in [1.29, 1.82) is 0 Å². The lowest BCUT2D eigenvalue weighted by Crippen LogP contribution is -2.38. The molecule has 4 nitrogen and oxygen atoms in total. The highest BCUT2D eigenvalue weighted by Gasteiger charge is 2.13. The van der Waals surface area contributed by atoms with Gasteiger partial charge in [0.1, 0.15) is 0 Å². The van der Waals surface area contributed by atoms with Gasteiger partial charge in [-0.15, -0.1) is 6.58 Å². The summed E-state index contributed by atoms with van der Waals surface area (Å²) < 4.78 is 0. The van der Waals surface area contributed by atoms with Gasteiger partial charge in [0.15, 0.2) is 0 Å². The van der Waals surface area contributed by atoms with Crippen LogP contribution in [0.4, 0.5) is 0 Å². The zero-order valence-electron chi connectivity index (χ0n) is 9.85. The third kappa shape index (κ3) is 4.10. The van der Waals surface area contributed by atoms with E-state index in [1.807, 2.05) is 6.07 Å². The van der Waals surface area contributed by atoms with E-state index >= 15 is 0 Å². The number of carbonyl (C=O) groups is 2. The number of likely N-dealkylation sites (N-methyl/N-ethyl adjacent to an activating group) is 1. The van der Waals surface area contributed by atoms with Gasteiger partial charge in [-0.2, -0.15) is 0 Å². The third-order valence-corrected chi connectivity index (χ3v) is 2.19. The second kappa shape index (κ2) is 6.48. The highest BCUT2D eigenvalue weighted by molar-refractivity contribution is 5.96. The SMILES string of the molecule is C=CCNC(=O)CN(C)C(=O)c1ccccc1. The highest BCUT2D eigenvalue weighted by atomic mass is 16.2. The van der Waals surface area contributed by atoms with Gasteiger partial charge < -0.3 is 10.2 Å². The highest BCUT2D eigenvalue weighted by Crippen LogP contribution is 2.02. The third-order valence-electron chi connectivity index (χ3n) is 2.19. The van der Waals surface area contributed by atoms with Gasteiger partial charge in [-0.1, -0.05) is 24.3 Å². The van der Waals surface area contributed by atoms with E-state index in [-0.39, 0.29) is 18.4 Å². The molecule has 90 valence electrons. The standard InChI is InChI=1S/C13H16N2O2/c1-3-9-14-12(16)10-15(2)13(17)11-7-5-4-6-8-11/h3-8H,1,9-10H2,2H3,(H,14,16). The Hall–Kier alpha value is -2.10. The van der Waals surface area contributed by atoms with Crippen LogP contribution in [0, 0.1) is 0 Å². The van der Waals surface area contributed by atoms with Crippen LogP contribution in [-0.4, -0.2) is 36.9 Å². The van der Waals surface area contributed by atoms with Crippen molar-refractivity contribution in [2.24, 2.45) is 0 Å². The van der Waals surface area contributed by atoms with Gasteiger partial charge >= 0.3 is 0 Å². The summed E-state index contributed by atoms with van der Waals surface area (Å²) in [5.41, 5.74) is 0.575. The van der Waals surface area contributed by atoms with Crippen molar-refractivity contribution < 1.29 is 9.59 Å². The molecule has 0 atom stereocenters. The van der Waals surface area contributed by atoms with Crippen molar-refractivity contribution >= 4 is 11.8 Å². The Labute approximate surface area is 101 Å². The summed E-state index contributed by atoms with van der Waals surface area (Å²) in [5.74, 6) is -0.365. The van der Waals surface area contributed by atoms with Gasteiger partial charge in [0.2, 0.25) is 5.91 Å². The predicted molar refractivity (Wildman–Crippen MR) is 66.6 cm³/mol. The Bertz CT molecular complexity index is 401. The Morgan fingerprint density at radius 2 is 2.00 bits per heavy atom. The lowest BCUT2D eigenvalue weighted by atomic mass is 10.2. The summed E-state index contributed by atoms with van der Waals surface area (Å²) in [6.45, 7) is 3.95. The number of hydrogen-bond donors (Lipinski definition) is 1. The number of carbonyl (C=O) groups excluding carboxylic acids is 2. The maximum Gasteiger partial charge on any atom is 0.254 e. The first-order valence-electron chi connectivity index (χ1n) is 5.33. The van der Waals surface area contributed by atoms with Crippen LogP contribution in [-0.2, 0) is 4.79 Å². The summed E-state index contributed by atoms with van der Waals surface area (Å²) >= 11 is 0. The minimum absolute atomic E-state index is 0.0432. The quantitative estimate of drug-likeness (QED) is 0.772. The molecule has 0 radical (unpaired) electrons. The van der Waals surface area contributed by atoms with E-state index in [1.165, 1.54) is 4.90 Å². The molecule has 0 fully saturated rings. The Morgan fingerprint density at radius 3 is 2.59 bits per heavy atom. The molecule has 0 aromatic heterocycles. The molecule has 1 aromatic rings. The Morgan fingerprint density at radius 1 is 1.35 bits per heavy atom. The van der Waals surface area contributed by atoms with Crippen molar-refractivity contribution in [2.45, 2.75) is 0 Å². The molecule has 0 bridgehead atoms. The molecule has 0 aliphatic carbocycles. The Kier molecular flexibility index (Phi) is 4.94. The van der Waals surface area contributed by atoms with E-state index in [0.29, 0.717) is 12.1 Å². The number of hydrogen-bond acceptors (Lipinski definition) is 2. The van der Waals surface area contributed by atoms with E-state index in [9.17, 15) is 9.59 Å².